The maximum absolute atomic E-state index is 12.1. The number of hydrogen-bond donors (Lipinski definition) is 0. The average Bonchev–Trinajstić information content (AvgIpc) is 3.31. The molecule has 0 unspecified atom stereocenters. The molecule has 0 bridgehead atoms. The van der Waals surface area contributed by atoms with E-state index in [1.54, 1.807) is 0 Å². The SMILES string of the molecule is CC(C)(C)c1ccc(N2CCN(C(=O)C3CC3)CC2)cc1. The van der Waals surface area contributed by atoms with Gasteiger partial charge in [-0.15, -0.1) is 0 Å². The highest BCUT2D eigenvalue weighted by Gasteiger charge is 2.34. The molecule has 3 heteroatoms. The highest BCUT2D eigenvalue weighted by atomic mass is 16.2. The Balaban J connectivity index is 1.60. The molecular weight excluding hydrogens is 260 g/mol. The second kappa shape index (κ2) is 5.36. The number of amides is 1. The summed E-state index contributed by atoms with van der Waals surface area (Å²) in [5.74, 6) is 0.736. The lowest BCUT2D eigenvalue weighted by molar-refractivity contribution is -0.132. The van der Waals surface area contributed by atoms with E-state index < -0.39 is 0 Å². The maximum Gasteiger partial charge on any atom is 0.225 e. The van der Waals surface area contributed by atoms with Crippen molar-refractivity contribution < 1.29 is 4.79 Å². The van der Waals surface area contributed by atoms with Crippen molar-refractivity contribution in [2.45, 2.75) is 39.0 Å². The molecule has 1 heterocycles. The summed E-state index contributed by atoms with van der Waals surface area (Å²) in [6.07, 6.45) is 2.21. The van der Waals surface area contributed by atoms with Gasteiger partial charge in [-0.2, -0.15) is 0 Å². The minimum atomic E-state index is 0.202. The van der Waals surface area contributed by atoms with E-state index in [0.717, 1.165) is 39.0 Å². The van der Waals surface area contributed by atoms with E-state index in [4.69, 9.17) is 0 Å². The minimum absolute atomic E-state index is 0.202. The van der Waals surface area contributed by atoms with Crippen LogP contribution in [0, 0.1) is 5.92 Å². The van der Waals surface area contributed by atoms with Crippen molar-refractivity contribution in [2.75, 3.05) is 31.1 Å². The van der Waals surface area contributed by atoms with Gasteiger partial charge in [-0.05, 0) is 36.0 Å². The second-order valence-corrected chi connectivity index (χ2v) is 7.38. The zero-order valence-electron chi connectivity index (χ0n) is 13.4. The summed E-state index contributed by atoms with van der Waals surface area (Å²) in [7, 11) is 0. The van der Waals surface area contributed by atoms with Crippen LogP contribution in [0.25, 0.3) is 0 Å². The van der Waals surface area contributed by atoms with Gasteiger partial charge in [-0.25, -0.2) is 0 Å². The molecule has 1 aliphatic carbocycles. The molecule has 114 valence electrons. The van der Waals surface area contributed by atoms with Crippen molar-refractivity contribution >= 4 is 11.6 Å². The summed E-state index contributed by atoms with van der Waals surface area (Å²) in [4.78, 5) is 16.5. The zero-order chi connectivity index (χ0) is 15.0. The van der Waals surface area contributed by atoms with Crippen LogP contribution in [-0.4, -0.2) is 37.0 Å². The fraction of sp³-hybridized carbons (Fsp3) is 0.611. The Hall–Kier alpha value is -1.51. The summed E-state index contributed by atoms with van der Waals surface area (Å²) in [6, 6.07) is 8.91. The van der Waals surface area contributed by atoms with Gasteiger partial charge in [0.1, 0.15) is 0 Å². The molecule has 1 aliphatic heterocycles. The van der Waals surface area contributed by atoms with Gasteiger partial charge in [0.2, 0.25) is 5.91 Å². The van der Waals surface area contributed by atoms with Gasteiger partial charge in [0.05, 0.1) is 0 Å². The molecule has 3 nitrogen and oxygen atoms in total. The van der Waals surface area contributed by atoms with Gasteiger partial charge in [-0.3, -0.25) is 4.79 Å². The molecule has 0 N–H and O–H groups in total. The molecular formula is C18H26N2O. The van der Waals surface area contributed by atoms with Crippen LogP contribution in [0.2, 0.25) is 0 Å². The monoisotopic (exact) mass is 286 g/mol. The number of carbonyl (C=O) groups is 1. The largest absolute Gasteiger partial charge is 0.368 e. The summed E-state index contributed by atoms with van der Waals surface area (Å²) in [6.45, 7) is 10.4. The average molecular weight is 286 g/mol. The molecule has 1 amide bonds. The molecule has 0 atom stereocenters. The lowest BCUT2D eigenvalue weighted by Crippen LogP contribution is -2.49. The number of rotatable bonds is 2. The highest BCUT2D eigenvalue weighted by Crippen LogP contribution is 2.31. The molecule has 2 aliphatic rings. The summed E-state index contributed by atoms with van der Waals surface area (Å²) < 4.78 is 0. The molecule has 0 radical (unpaired) electrons. The molecule has 0 aromatic heterocycles. The van der Waals surface area contributed by atoms with Crippen LogP contribution in [0.4, 0.5) is 5.69 Å². The second-order valence-electron chi connectivity index (χ2n) is 7.38. The lowest BCUT2D eigenvalue weighted by atomic mass is 9.87. The Bertz CT molecular complexity index is 503. The number of carbonyl (C=O) groups excluding carboxylic acids is 1. The molecule has 1 saturated heterocycles. The molecule has 1 saturated carbocycles. The molecule has 21 heavy (non-hydrogen) atoms. The number of nitrogens with zero attached hydrogens (tertiary/aromatic N) is 2. The van der Waals surface area contributed by atoms with Crippen molar-refractivity contribution in [3.63, 3.8) is 0 Å². The van der Waals surface area contributed by atoms with Gasteiger partial charge in [0.15, 0.2) is 0 Å². The van der Waals surface area contributed by atoms with E-state index in [9.17, 15) is 4.79 Å². The third-order valence-electron chi connectivity index (χ3n) is 4.62. The number of benzene rings is 1. The van der Waals surface area contributed by atoms with Crippen LogP contribution >= 0.6 is 0 Å². The molecule has 2 fully saturated rings. The lowest BCUT2D eigenvalue weighted by Gasteiger charge is -2.36. The zero-order valence-corrected chi connectivity index (χ0v) is 13.4. The van der Waals surface area contributed by atoms with Crippen LogP contribution in [0.5, 0.6) is 0 Å². The Morgan fingerprint density at radius 2 is 1.57 bits per heavy atom. The first kappa shape index (κ1) is 14.4. The van der Waals surface area contributed by atoms with Crippen LogP contribution in [0.15, 0.2) is 24.3 Å². The van der Waals surface area contributed by atoms with Crippen molar-refractivity contribution in [1.29, 1.82) is 0 Å². The molecule has 1 aromatic carbocycles. The summed E-state index contributed by atoms with van der Waals surface area (Å²) in [5, 5.41) is 0. The third-order valence-corrected chi connectivity index (χ3v) is 4.62. The van der Waals surface area contributed by atoms with E-state index in [1.165, 1.54) is 11.3 Å². The third kappa shape index (κ3) is 3.22. The van der Waals surface area contributed by atoms with Gasteiger partial charge in [-0.1, -0.05) is 32.9 Å². The van der Waals surface area contributed by atoms with E-state index in [1.807, 2.05) is 0 Å². The van der Waals surface area contributed by atoms with E-state index >= 15 is 0 Å². The van der Waals surface area contributed by atoms with Crippen molar-refractivity contribution in [3.8, 4) is 0 Å². The van der Waals surface area contributed by atoms with Gasteiger partial charge >= 0.3 is 0 Å². The predicted molar refractivity (Wildman–Crippen MR) is 86.7 cm³/mol. The highest BCUT2D eigenvalue weighted by molar-refractivity contribution is 5.81. The first-order chi connectivity index (χ1) is 9.95. The van der Waals surface area contributed by atoms with E-state index in [-0.39, 0.29) is 5.41 Å². The standard InChI is InChI=1S/C18H26N2O/c1-18(2,3)15-6-8-16(9-7-15)19-10-12-20(13-11-19)17(21)14-4-5-14/h6-9,14H,4-5,10-13H2,1-3H3. The van der Waals surface area contributed by atoms with Crippen LogP contribution in [0.3, 0.4) is 0 Å². The first-order valence-electron chi connectivity index (χ1n) is 8.09. The van der Waals surface area contributed by atoms with Crippen molar-refractivity contribution in [3.05, 3.63) is 29.8 Å². The normalized spacial score (nSPS) is 19.8. The minimum Gasteiger partial charge on any atom is -0.368 e. The first-order valence-corrected chi connectivity index (χ1v) is 8.09. The fourth-order valence-corrected chi connectivity index (χ4v) is 2.95. The van der Waals surface area contributed by atoms with Gasteiger partial charge in [0.25, 0.3) is 0 Å². The smallest absolute Gasteiger partial charge is 0.225 e. The Labute approximate surface area is 127 Å². The molecule has 3 rings (SSSR count). The number of hydrogen-bond acceptors (Lipinski definition) is 2. The van der Waals surface area contributed by atoms with Crippen molar-refractivity contribution in [2.24, 2.45) is 5.92 Å². The maximum atomic E-state index is 12.1. The Morgan fingerprint density at radius 3 is 2.05 bits per heavy atom. The molecule has 1 aromatic rings. The number of anilines is 1. The summed E-state index contributed by atoms with van der Waals surface area (Å²) in [5.41, 5.74) is 2.85. The van der Waals surface area contributed by atoms with Gasteiger partial charge < -0.3 is 9.80 Å². The van der Waals surface area contributed by atoms with Gasteiger partial charge in [0, 0.05) is 37.8 Å². The Morgan fingerprint density at radius 1 is 1.00 bits per heavy atom. The van der Waals surface area contributed by atoms with E-state index in [2.05, 4.69) is 54.8 Å². The van der Waals surface area contributed by atoms with E-state index in [0.29, 0.717) is 11.8 Å². The fourth-order valence-electron chi connectivity index (χ4n) is 2.95. The molecule has 0 spiro atoms. The van der Waals surface area contributed by atoms with Crippen LogP contribution in [0.1, 0.15) is 39.2 Å². The van der Waals surface area contributed by atoms with Crippen molar-refractivity contribution in [1.82, 2.24) is 4.90 Å². The number of piperazine rings is 1. The summed E-state index contributed by atoms with van der Waals surface area (Å²) >= 11 is 0. The predicted octanol–water partition coefficient (Wildman–Crippen LogP) is 3.04. The topological polar surface area (TPSA) is 23.6 Å². The quantitative estimate of drug-likeness (QED) is 0.834. The van der Waals surface area contributed by atoms with Crippen LogP contribution in [-0.2, 0) is 10.2 Å². The Kier molecular flexibility index (Phi) is 3.68. The van der Waals surface area contributed by atoms with Crippen LogP contribution < -0.4 is 4.90 Å².